The zero-order valence-corrected chi connectivity index (χ0v) is 14.7. The molecule has 7 heteroatoms. The van der Waals surface area contributed by atoms with E-state index in [-0.39, 0.29) is 41.2 Å². The highest BCUT2D eigenvalue weighted by atomic mass is 32.2. The number of nitrogens with one attached hydrogen (secondary N) is 2. The van der Waals surface area contributed by atoms with Crippen LogP contribution in [-0.2, 0) is 19.4 Å². The second-order valence-corrected chi connectivity index (χ2v) is 9.15. The molecule has 0 aromatic heterocycles. The lowest BCUT2D eigenvalue weighted by Gasteiger charge is -2.11. The Kier molecular flexibility index (Phi) is 4.38. The van der Waals surface area contributed by atoms with Gasteiger partial charge in [0.2, 0.25) is 11.8 Å². The summed E-state index contributed by atoms with van der Waals surface area (Å²) in [5.74, 6) is -0.913. The lowest BCUT2D eigenvalue weighted by Crippen LogP contribution is -2.37. The van der Waals surface area contributed by atoms with Crippen LogP contribution in [0, 0.1) is 25.7 Å². The van der Waals surface area contributed by atoms with Crippen LogP contribution in [0.2, 0.25) is 0 Å². The van der Waals surface area contributed by atoms with Gasteiger partial charge in [-0.1, -0.05) is 6.07 Å². The van der Waals surface area contributed by atoms with Gasteiger partial charge >= 0.3 is 0 Å². The van der Waals surface area contributed by atoms with Crippen molar-refractivity contribution in [3.05, 3.63) is 29.3 Å². The van der Waals surface area contributed by atoms with Gasteiger partial charge in [-0.3, -0.25) is 9.59 Å². The Labute approximate surface area is 141 Å². The molecule has 1 saturated carbocycles. The third kappa shape index (κ3) is 3.95. The predicted octanol–water partition coefficient (Wildman–Crippen LogP) is 1.18. The van der Waals surface area contributed by atoms with Crippen molar-refractivity contribution in [3.8, 4) is 0 Å². The molecule has 2 amide bonds. The summed E-state index contributed by atoms with van der Waals surface area (Å²) in [7, 11) is -3.02. The standard InChI is InChI=1S/C17H22N2O4S/c1-10-5-11(2)7-13(6-10)19-17(21)15-8-14(15)16(20)18-12-3-4-24(22,23)9-12/h5-7,12,14-15H,3-4,8-9H2,1-2H3,(H,18,20)(H,19,21). The number of aryl methyl sites for hydroxylation is 2. The molecule has 130 valence electrons. The van der Waals surface area contributed by atoms with Crippen LogP contribution in [-0.4, -0.2) is 37.8 Å². The Hall–Kier alpha value is -1.89. The third-order valence-electron chi connectivity index (χ3n) is 4.53. The molecule has 3 unspecified atom stereocenters. The Morgan fingerprint density at radius 2 is 1.67 bits per heavy atom. The normalized spacial score (nSPS) is 27.5. The second-order valence-electron chi connectivity index (χ2n) is 6.92. The number of carbonyl (C=O) groups is 2. The van der Waals surface area contributed by atoms with E-state index < -0.39 is 9.84 Å². The van der Waals surface area contributed by atoms with Crippen molar-refractivity contribution in [3.63, 3.8) is 0 Å². The molecule has 3 atom stereocenters. The highest BCUT2D eigenvalue weighted by Crippen LogP contribution is 2.39. The van der Waals surface area contributed by atoms with Gasteiger partial charge in [-0.15, -0.1) is 0 Å². The predicted molar refractivity (Wildman–Crippen MR) is 91.3 cm³/mol. The lowest BCUT2D eigenvalue weighted by atomic mass is 10.1. The fourth-order valence-electron chi connectivity index (χ4n) is 3.27. The van der Waals surface area contributed by atoms with Gasteiger partial charge in [-0.05, 0) is 49.9 Å². The quantitative estimate of drug-likeness (QED) is 0.853. The first-order valence-corrected chi connectivity index (χ1v) is 9.95. The Morgan fingerprint density at radius 3 is 2.25 bits per heavy atom. The molecule has 6 nitrogen and oxygen atoms in total. The zero-order valence-electron chi connectivity index (χ0n) is 13.8. The molecular weight excluding hydrogens is 328 g/mol. The molecular formula is C17H22N2O4S. The van der Waals surface area contributed by atoms with Crippen LogP contribution >= 0.6 is 0 Å². The first kappa shape index (κ1) is 17.0. The van der Waals surface area contributed by atoms with Crippen molar-refractivity contribution < 1.29 is 18.0 Å². The lowest BCUT2D eigenvalue weighted by molar-refractivity contribution is -0.125. The van der Waals surface area contributed by atoms with Gasteiger partial charge in [-0.25, -0.2) is 8.42 Å². The summed E-state index contributed by atoms with van der Waals surface area (Å²) in [4.78, 5) is 24.4. The summed E-state index contributed by atoms with van der Waals surface area (Å²) in [5.41, 5.74) is 2.88. The maximum atomic E-state index is 12.3. The fourth-order valence-corrected chi connectivity index (χ4v) is 4.95. The maximum Gasteiger partial charge on any atom is 0.228 e. The second kappa shape index (κ2) is 6.20. The molecule has 1 saturated heterocycles. The first-order chi connectivity index (χ1) is 11.2. The number of carbonyl (C=O) groups excluding carboxylic acids is 2. The summed E-state index contributed by atoms with van der Waals surface area (Å²) < 4.78 is 22.8. The number of hydrogen-bond donors (Lipinski definition) is 2. The van der Waals surface area contributed by atoms with E-state index in [0.29, 0.717) is 12.8 Å². The van der Waals surface area contributed by atoms with Gasteiger partial charge < -0.3 is 10.6 Å². The number of rotatable bonds is 4. The molecule has 1 aliphatic heterocycles. The van der Waals surface area contributed by atoms with Crippen LogP contribution in [0.4, 0.5) is 5.69 Å². The number of benzene rings is 1. The Balaban J connectivity index is 1.53. The third-order valence-corrected chi connectivity index (χ3v) is 6.30. The molecule has 1 aromatic carbocycles. The van der Waals surface area contributed by atoms with Gasteiger partial charge in [0.05, 0.1) is 23.3 Å². The summed E-state index contributed by atoms with van der Waals surface area (Å²) in [6.45, 7) is 3.93. The van der Waals surface area contributed by atoms with Crippen LogP contribution in [0.5, 0.6) is 0 Å². The molecule has 2 fully saturated rings. The summed E-state index contributed by atoms with van der Waals surface area (Å²) in [6, 6.07) is 5.50. The average molecular weight is 350 g/mol. The van der Waals surface area contributed by atoms with E-state index in [1.807, 2.05) is 32.0 Å². The fraction of sp³-hybridized carbons (Fsp3) is 0.529. The van der Waals surface area contributed by atoms with Gasteiger partial charge in [0, 0.05) is 11.7 Å². The van der Waals surface area contributed by atoms with E-state index in [4.69, 9.17) is 0 Å². The maximum absolute atomic E-state index is 12.3. The van der Waals surface area contributed by atoms with E-state index in [1.54, 1.807) is 0 Å². The van der Waals surface area contributed by atoms with Gasteiger partial charge in [-0.2, -0.15) is 0 Å². The summed E-state index contributed by atoms with van der Waals surface area (Å²) >= 11 is 0. The largest absolute Gasteiger partial charge is 0.352 e. The molecule has 0 radical (unpaired) electrons. The smallest absolute Gasteiger partial charge is 0.228 e. The molecule has 1 heterocycles. The molecule has 1 aliphatic carbocycles. The summed E-state index contributed by atoms with van der Waals surface area (Å²) in [5, 5.41) is 5.63. The van der Waals surface area contributed by atoms with E-state index >= 15 is 0 Å². The minimum absolute atomic E-state index is 0.00485. The van der Waals surface area contributed by atoms with Crippen molar-refractivity contribution in [1.82, 2.24) is 5.32 Å². The monoisotopic (exact) mass is 350 g/mol. The van der Waals surface area contributed by atoms with Crippen LogP contribution in [0.1, 0.15) is 24.0 Å². The molecule has 1 aromatic rings. The Morgan fingerprint density at radius 1 is 1.04 bits per heavy atom. The van der Waals surface area contributed by atoms with Crippen LogP contribution in [0.25, 0.3) is 0 Å². The minimum atomic E-state index is -3.02. The first-order valence-electron chi connectivity index (χ1n) is 8.13. The van der Waals surface area contributed by atoms with E-state index in [2.05, 4.69) is 10.6 Å². The molecule has 0 bridgehead atoms. The molecule has 2 N–H and O–H groups in total. The Bertz CT molecular complexity index is 768. The van der Waals surface area contributed by atoms with E-state index in [9.17, 15) is 18.0 Å². The van der Waals surface area contributed by atoms with Gasteiger partial charge in [0.15, 0.2) is 9.84 Å². The van der Waals surface area contributed by atoms with Crippen LogP contribution < -0.4 is 10.6 Å². The highest BCUT2D eigenvalue weighted by molar-refractivity contribution is 7.91. The molecule has 3 rings (SSSR count). The van der Waals surface area contributed by atoms with Crippen LogP contribution in [0.3, 0.4) is 0 Å². The SMILES string of the molecule is Cc1cc(C)cc(NC(=O)C2CC2C(=O)NC2CCS(=O)(=O)C2)c1. The van der Waals surface area contributed by atoms with Crippen LogP contribution in [0.15, 0.2) is 18.2 Å². The van der Waals surface area contributed by atoms with E-state index in [1.165, 1.54) is 0 Å². The van der Waals surface area contributed by atoms with Crippen molar-refractivity contribution in [2.45, 2.75) is 32.7 Å². The average Bonchev–Trinajstić information content (AvgIpc) is 3.17. The van der Waals surface area contributed by atoms with Crippen molar-refractivity contribution in [2.24, 2.45) is 11.8 Å². The minimum Gasteiger partial charge on any atom is -0.352 e. The van der Waals surface area contributed by atoms with E-state index in [0.717, 1.165) is 16.8 Å². The molecule has 0 spiro atoms. The number of hydrogen-bond acceptors (Lipinski definition) is 4. The summed E-state index contributed by atoms with van der Waals surface area (Å²) in [6.07, 6.45) is 0.974. The van der Waals surface area contributed by atoms with Crippen molar-refractivity contribution >= 4 is 27.3 Å². The highest BCUT2D eigenvalue weighted by Gasteiger charge is 2.48. The topological polar surface area (TPSA) is 92.3 Å². The number of anilines is 1. The van der Waals surface area contributed by atoms with Crippen molar-refractivity contribution in [1.29, 1.82) is 0 Å². The van der Waals surface area contributed by atoms with Crippen molar-refractivity contribution in [2.75, 3.05) is 16.8 Å². The van der Waals surface area contributed by atoms with Gasteiger partial charge in [0.1, 0.15) is 0 Å². The zero-order chi connectivity index (χ0) is 17.5. The molecule has 2 aliphatic rings. The number of amides is 2. The van der Waals surface area contributed by atoms with Gasteiger partial charge in [0.25, 0.3) is 0 Å². The molecule has 24 heavy (non-hydrogen) atoms. The number of sulfone groups is 1.